The SMILES string of the molecule is NC(=O)O[C@@H]1c2ccccc2C[C@H]1N. The van der Waals surface area contributed by atoms with Crippen molar-refractivity contribution in [3.8, 4) is 0 Å². The number of rotatable bonds is 1. The van der Waals surface area contributed by atoms with Crippen LogP contribution in [0.15, 0.2) is 24.3 Å². The zero-order valence-electron chi connectivity index (χ0n) is 7.64. The number of fused-ring (bicyclic) bond motifs is 1. The van der Waals surface area contributed by atoms with Crippen molar-refractivity contribution in [2.24, 2.45) is 11.5 Å². The highest BCUT2D eigenvalue weighted by Gasteiger charge is 2.31. The lowest BCUT2D eigenvalue weighted by atomic mass is 10.1. The highest BCUT2D eigenvalue weighted by atomic mass is 16.6. The van der Waals surface area contributed by atoms with Crippen molar-refractivity contribution in [3.63, 3.8) is 0 Å². The molecule has 14 heavy (non-hydrogen) atoms. The maximum Gasteiger partial charge on any atom is 0.405 e. The van der Waals surface area contributed by atoms with E-state index in [9.17, 15) is 4.79 Å². The van der Waals surface area contributed by atoms with Crippen molar-refractivity contribution in [3.05, 3.63) is 35.4 Å². The van der Waals surface area contributed by atoms with Crippen molar-refractivity contribution in [1.82, 2.24) is 0 Å². The van der Waals surface area contributed by atoms with Gasteiger partial charge in [-0.05, 0) is 17.5 Å². The summed E-state index contributed by atoms with van der Waals surface area (Å²) in [7, 11) is 0. The number of hydrogen-bond donors (Lipinski definition) is 2. The minimum atomic E-state index is -0.776. The van der Waals surface area contributed by atoms with E-state index in [1.54, 1.807) is 0 Å². The van der Waals surface area contributed by atoms with Crippen LogP contribution in [-0.2, 0) is 11.2 Å². The molecule has 4 N–H and O–H groups in total. The Labute approximate surface area is 81.8 Å². The van der Waals surface area contributed by atoms with Crippen LogP contribution in [0.1, 0.15) is 17.2 Å². The number of hydrogen-bond acceptors (Lipinski definition) is 3. The number of carbonyl (C=O) groups is 1. The Morgan fingerprint density at radius 1 is 1.43 bits per heavy atom. The van der Waals surface area contributed by atoms with Gasteiger partial charge in [0.25, 0.3) is 0 Å². The van der Waals surface area contributed by atoms with E-state index >= 15 is 0 Å². The molecule has 0 heterocycles. The Balaban J connectivity index is 2.30. The van der Waals surface area contributed by atoms with Crippen molar-refractivity contribution >= 4 is 6.09 Å². The Morgan fingerprint density at radius 3 is 2.86 bits per heavy atom. The van der Waals surface area contributed by atoms with Crippen LogP contribution in [-0.4, -0.2) is 12.1 Å². The van der Waals surface area contributed by atoms with Crippen molar-refractivity contribution < 1.29 is 9.53 Å². The highest BCUT2D eigenvalue weighted by molar-refractivity contribution is 5.65. The van der Waals surface area contributed by atoms with E-state index in [1.165, 1.54) is 0 Å². The molecule has 1 aliphatic rings. The summed E-state index contributed by atoms with van der Waals surface area (Å²) in [5.41, 5.74) is 12.9. The zero-order chi connectivity index (χ0) is 10.1. The van der Waals surface area contributed by atoms with Crippen molar-refractivity contribution in [1.29, 1.82) is 0 Å². The number of primary amides is 1. The first-order valence-electron chi connectivity index (χ1n) is 4.48. The molecular formula is C10H12N2O2. The molecule has 0 saturated heterocycles. The fraction of sp³-hybridized carbons (Fsp3) is 0.300. The van der Waals surface area contributed by atoms with E-state index in [0.717, 1.165) is 17.5 Å². The average molecular weight is 192 g/mol. The predicted octanol–water partition coefficient (Wildman–Crippen LogP) is 0.706. The lowest BCUT2D eigenvalue weighted by Crippen LogP contribution is -2.30. The second kappa shape index (κ2) is 3.31. The van der Waals surface area contributed by atoms with Gasteiger partial charge in [0.05, 0.1) is 6.04 Å². The Hall–Kier alpha value is -1.55. The first-order valence-corrected chi connectivity index (χ1v) is 4.48. The summed E-state index contributed by atoms with van der Waals surface area (Å²) in [6.07, 6.45) is -0.431. The van der Waals surface area contributed by atoms with E-state index in [-0.39, 0.29) is 12.1 Å². The Kier molecular flexibility index (Phi) is 2.13. The molecule has 0 aromatic heterocycles. The van der Waals surface area contributed by atoms with E-state index in [2.05, 4.69) is 0 Å². The summed E-state index contributed by atoms with van der Waals surface area (Å²) in [4.78, 5) is 10.7. The molecule has 0 spiro atoms. The number of carbonyl (C=O) groups excluding carboxylic acids is 1. The smallest absolute Gasteiger partial charge is 0.405 e. The third-order valence-electron chi connectivity index (χ3n) is 2.45. The maximum absolute atomic E-state index is 10.7. The predicted molar refractivity (Wildman–Crippen MR) is 51.5 cm³/mol. The van der Waals surface area contributed by atoms with Gasteiger partial charge >= 0.3 is 6.09 Å². The molecule has 1 amide bonds. The highest BCUT2D eigenvalue weighted by Crippen LogP contribution is 2.32. The summed E-state index contributed by atoms with van der Waals surface area (Å²) >= 11 is 0. The van der Waals surface area contributed by atoms with Gasteiger partial charge in [-0.2, -0.15) is 0 Å². The van der Waals surface area contributed by atoms with Crippen LogP contribution in [0, 0.1) is 0 Å². The summed E-state index contributed by atoms with van der Waals surface area (Å²) < 4.78 is 4.96. The molecular weight excluding hydrogens is 180 g/mol. The minimum absolute atomic E-state index is 0.181. The van der Waals surface area contributed by atoms with Gasteiger partial charge in [-0.15, -0.1) is 0 Å². The van der Waals surface area contributed by atoms with Gasteiger partial charge in [-0.3, -0.25) is 0 Å². The van der Waals surface area contributed by atoms with Gasteiger partial charge < -0.3 is 16.2 Å². The summed E-state index contributed by atoms with van der Waals surface area (Å²) in [6, 6.07) is 7.56. The number of nitrogens with two attached hydrogens (primary N) is 2. The van der Waals surface area contributed by atoms with Crippen LogP contribution < -0.4 is 11.5 Å². The minimum Gasteiger partial charge on any atom is -0.440 e. The van der Waals surface area contributed by atoms with Gasteiger partial charge in [0.2, 0.25) is 0 Å². The molecule has 0 radical (unpaired) electrons. The van der Waals surface area contributed by atoms with Gasteiger partial charge in [0, 0.05) is 0 Å². The second-order valence-electron chi connectivity index (χ2n) is 3.42. The fourth-order valence-electron chi connectivity index (χ4n) is 1.87. The normalized spacial score (nSPS) is 24.4. The molecule has 1 aromatic rings. The van der Waals surface area contributed by atoms with Crippen LogP contribution in [0.4, 0.5) is 4.79 Å². The fourth-order valence-corrected chi connectivity index (χ4v) is 1.87. The number of amides is 1. The Bertz CT molecular complexity index is 365. The van der Waals surface area contributed by atoms with E-state index < -0.39 is 6.09 Å². The molecule has 74 valence electrons. The molecule has 0 fully saturated rings. The monoisotopic (exact) mass is 192 g/mol. The van der Waals surface area contributed by atoms with Crippen LogP contribution in [0.5, 0.6) is 0 Å². The average Bonchev–Trinajstić information content (AvgIpc) is 2.43. The second-order valence-corrected chi connectivity index (χ2v) is 3.42. The molecule has 1 aliphatic carbocycles. The van der Waals surface area contributed by atoms with Gasteiger partial charge in [0.15, 0.2) is 0 Å². The first-order chi connectivity index (χ1) is 6.68. The summed E-state index contributed by atoms with van der Waals surface area (Å²) in [6.45, 7) is 0. The summed E-state index contributed by atoms with van der Waals surface area (Å²) in [5, 5.41) is 0. The standard InChI is InChI=1S/C10H12N2O2/c11-8-5-6-3-1-2-4-7(6)9(8)14-10(12)13/h1-4,8-9H,5,11H2,(H2,12,13)/t8-,9-/m1/s1. The van der Waals surface area contributed by atoms with Gasteiger partial charge in [0.1, 0.15) is 6.10 Å². The largest absolute Gasteiger partial charge is 0.440 e. The van der Waals surface area contributed by atoms with Gasteiger partial charge in [-0.25, -0.2) is 4.79 Å². The third-order valence-corrected chi connectivity index (χ3v) is 2.45. The molecule has 0 bridgehead atoms. The molecule has 1 aromatic carbocycles. The van der Waals surface area contributed by atoms with Crippen LogP contribution >= 0.6 is 0 Å². The molecule has 2 atom stereocenters. The summed E-state index contributed by atoms with van der Waals surface area (Å²) in [5.74, 6) is 0. The molecule has 4 heteroatoms. The third kappa shape index (κ3) is 1.44. The van der Waals surface area contributed by atoms with E-state index in [4.69, 9.17) is 16.2 Å². The lowest BCUT2D eigenvalue weighted by molar-refractivity contribution is 0.0973. The van der Waals surface area contributed by atoms with Crippen LogP contribution in [0.25, 0.3) is 0 Å². The molecule has 0 aliphatic heterocycles. The van der Waals surface area contributed by atoms with Crippen molar-refractivity contribution in [2.75, 3.05) is 0 Å². The number of benzene rings is 1. The van der Waals surface area contributed by atoms with Crippen LogP contribution in [0.3, 0.4) is 0 Å². The van der Waals surface area contributed by atoms with Gasteiger partial charge in [-0.1, -0.05) is 24.3 Å². The zero-order valence-corrected chi connectivity index (χ0v) is 7.64. The van der Waals surface area contributed by atoms with E-state index in [0.29, 0.717) is 0 Å². The van der Waals surface area contributed by atoms with E-state index in [1.807, 2.05) is 24.3 Å². The molecule has 4 nitrogen and oxygen atoms in total. The molecule has 0 unspecified atom stereocenters. The quantitative estimate of drug-likeness (QED) is 0.687. The first kappa shape index (κ1) is 9.02. The Morgan fingerprint density at radius 2 is 2.14 bits per heavy atom. The molecule has 2 rings (SSSR count). The molecule has 0 saturated carbocycles. The number of ether oxygens (including phenoxy) is 1. The van der Waals surface area contributed by atoms with Crippen molar-refractivity contribution in [2.45, 2.75) is 18.6 Å². The lowest BCUT2D eigenvalue weighted by Gasteiger charge is -2.15. The topological polar surface area (TPSA) is 78.3 Å². The van der Waals surface area contributed by atoms with Crippen LogP contribution in [0.2, 0.25) is 0 Å². The maximum atomic E-state index is 10.7.